The van der Waals surface area contributed by atoms with Crippen LogP contribution in [0.1, 0.15) is 66.4 Å². The van der Waals surface area contributed by atoms with E-state index in [1.54, 1.807) is 18.3 Å². The van der Waals surface area contributed by atoms with Crippen LogP contribution in [0.25, 0.3) is 0 Å². The number of benzene rings is 1. The lowest BCUT2D eigenvalue weighted by Gasteiger charge is -2.39. The summed E-state index contributed by atoms with van der Waals surface area (Å²) in [6.07, 6.45) is 4.67. The van der Waals surface area contributed by atoms with Crippen LogP contribution in [0.3, 0.4) is 0 Å². The van der Waals surface area contributed by atoms with Crippen LogP contribution in [0.5, 0.6) is 0 Å². The third-order valence-electron chi connectivity index (χ3n) is 5.99. The molecule has 162 valence electrons. The number of aromatic nitrogens is 1. The minimum absolute atomic E-state index is 0.0231. The number of Topliss-reactive ketones (excluding diaryl/α,β-unsaturated/α-hetero) is 1. The largest absolute Gasteiger partial charge is 0.383 e. The van der Waals surface area contributed by atoms with Gasteiger partial charge >= 0.3 is 0 Å². The number of pyridine rings is 1. The molecular weight excluding hydrogens is 402 g/mol. The SMILES string of the molecule is CC(C)c1ccc(C2C(C#N)=C(N)N(NC(=O)c3cccnc3)C3=C2C(=O)CCC3)cc1. The Kier molecular flexibility index (Phi) is 5.78. The average molecular weight is 428 g/mol. The highest BCUT2D eigenvalue weighted by molar-refractivity contribution is 6.00. The number of carbonyl (C=O) groups is 2. The van der Waals surface area contributed by atoms with E-state index in [4.69, 9.17) is 5.73 Å². The molecule has 1 aromatic carbocycles. The van der Waals surface area contributed by atoms with Gasteiger partial charge in [0.05, 0.1) is 23.1 Å². The van der Waals surface area contributed by atoms with Gasteiger partial charge in [0.25, 0.3) is 5.91 Å². The Balaban J connectivity index is 1.79. The smallest absolute Gasteiger partial charge is 0.271 e. The number of hydrazine groups is 1. The van der Waals surface area contributed by atoms with Crippen molar-refractivity contribution in [1.29, 1.82) is 5.26 Å². The maximum absolute atomic E-state index is 13.1. The molecule has 1 aliphatic heterocycles. The lowest BCUT2D eigenvalue weighted by Crippen LogP contribution is -2.48. The maximum Gasteiger partial charge on any atom is 0.271 e. The quantitative estimate of drug-likeness (QED) is 0.770. The highest BCUT2D eigenvalue weighted by Gasteiger charge is 2.40. The Morgan fingerprint density at radius 3 is 2.62 bits per heavy atom. The molecule has 1 aromatic heterocycles. The van der Waals surface area contributed by atoms with Gasteiger partial charge in [-0.3, -0.25) is 20.0 Å². The van der Waals surface area contributed by atoms with Crippen molar-refractivity contribution in [1.82, 2.24) is 15.4 Å². The Morgan fingerprint density at radius 1 is 1.25 bits per heavy atom. The fraction of sp³-hybridized carbons (Fsp3) is 0.280. The number of ketones is 1. The minimum atomic E-state index is -0.546. The van der Waals surface area contributed by atoms with E-state index in [1.165, 1.54) is 16.8 Å². The van der Waals surface area contributed by atoms with Crippen LogP contribution in [0.4, 0.5) is 0 Å². The van der Waals surface area contributed by atoms with Crippen LogP contribution in [0.2, 0.25) is 0 Å². The van der Waals surface area contributed by atoms with Crippen LogP contribution in [-0.4, -0.2) is 21.7 Å². The number of amides is 1. The molecule has 7 nitrogen and oxygen atoms in total. The number of hydrogen-bond donors (Lipinski definition) is 2. The normalized spacial score (nSPS) is 18.5. The van der Waals surface area contributed by atoms with Crippen molar-refractivity contribution >= 4 is 11.7 Å². The second kappa shape index (κ2) is 8.67. The van der Waals surface area contributed by atoms with Gasteiger partial charge in [-0.1, -0.05) is 38.1 Å². The molecule has 0 bridgehead atoms. The summed E-state index contributed by atoms with van der Waals surface area (Å²) in [6.45, 7) is 4.23. The lowest BCUT2D eigenvalue weighted by atomic mass is 9.76. The molecule has 1 unspecified atom stereocenters. The average Bonchev–Trinajstić information content (AvgIpc) is 2.81. The predicted molar refractivity (Wildman–Crippen MR) is 120 cm³/mol. The summed E-state index contributed by atoms with van der Waals surface area (Å²) in [4.78, 5) is 29.9. The number of nitrogens with zero attached hydrogens (tertiary/aromatic N) is 3. The highest BCUT2D eigenvalue weighted by Crippen LogP contribution is 2.44. The summed E-state index contributed by atoms with van der Waals surface area (Å²) in [5, 5.41) is 11.4. The van der Waals surface area contributed by atoms with Gasteiger partial charge in [-0.05, 0) is 42.0 Å². The van der Waals surface area contributed by atoms with Crippen molar-refractivity contribution in [3.63, 3.8) is 0 Å². The molecule has 32 heavy (non-hydrogen) atoms. The molecule has 1 atom stereocenters. The third-order valence-corrected chi connectivity index (χ3v) is 5.99. The number of hydrogen-bond acceptors (Lipinski definition) is 6. The second-order valence-electron chi connectivity index (χ2n) is 8.32. The van der Waals surface area contributed by atoms with Crippen molar-refractivity contribution in [2.45, 2.75) is 44.9 Å². The van der Waals surface area contributed by atoms with Crippen LogP contribution in [0.15, 0.2) is 71.5 Å². The molecule has 1 amide bonds. The molecule has 4 rings (SSSR count). The topological polar surface area (TPSA) is 112 Å². The van der Waals surface area contributed by atoms with E-state index >= 15 is 0 Å². The summed E-state index contributed by atoms with van der Waals surface area (Å²) < 4.78 is 0. The van der Waals surface area contributed by atoms with Crippen LogP contribution in [0, 0.1) is 11.3 Å². The number of rotatable bonds is 4. The molecule has 2 aliphatic rings. The van der Waals surface area contributed by atoms with Gasteiger partial charge in [0, 0.05) is 30.1 Å². The third kappa shape index (κ3) is 3.76. The van der Waals surface area contributed by atoms with E-state index in [1.807, 2.05) is 24.3 Å². The van der Waals surface area contributed by atoms with Crippen LogP contribution in [-0.2, 0) is 4.79 Å². The summed E-state index contributed by atoms with van der Waals surface area (Å²) >= 11 is 0. The molecule has 7 heteroatoms. The maximum atomic E-state index is 13.1. The first-order valence-corrected chi connectivity index (χ1v) is 10.7. The molecule has 3 N–H and O–H groups in total. The molecule has 0 spiro atoms. The Morgan fingerprint density at radius 2 is 2.00 bits per heavy atom. The molecule has 1 aliphatic carbocycles. The van der Waals surface area contributed by atoms with Gasteiger partial charge in [0.2, 0.25) is 0 Å². The van der Waals surface area contributed by atoms with Crippen LogP contribution >= 0.6 is 0 Å². The predicted octanol–water partition coefficient (Wildman–Crippen LogP) is 3.65. The van der Waals surface area contributed by atoms with Gasteiger partial charge in [0.15, 0.2) is 5.78 Å². The zero-order valence-corrected chi connectivity index (χ0v) is 18.1. The van der Waals surface area contributed by atoms with Crippen molar-refractivity contribution in [2.24, 2.45) is 5.73 Å². The van der Waals surface area contributed by atoms with Crippen molar-refractivity contribution in [3.05, 3.63) is 88.1 Å². The zero-order valence-electron chi connectivity index (χ0n) is 18.1. The highest BCUT2D eigenvalue weighted by atomic mass is 16.2. The van der Waals surface area contributed by atoms with E-state index in [0.717, 1.165) is 5.56 Å². The van der Waals surface area contributed by atoms with Crippen LogP contribution < -0.4 is 11.2 Å². The molecule has 0 saturated carbocycles. The van der Waals surface area contributed by atoms with Gasteiger partial charge < -0.3 is 5.73 Å². The van der Waals surface area contributed by atoms with Crippen molar-refractivity contribution in [3.8, 4) is 6.07 Å². The van der Waals surface area contributed by atoms with E-state index in [-0.39, 0.29) is 17.2 Å². The zero-order chi connectivity index (χ0) is 22.8. The molecule has 2 heterocycles. The number of nitriles is 1. The summed E-state index contributed by atoms with van der Waals surface area (Å²) in [5.74, 6) is -0.476. The lowest BCUT2D eigenvalue weighted by molar-refractivity contribution is -0.116. The summed E-state index contributed by atoms with van der Waals surface area (Å²) in [5.41, 5.74) is 13.0. The second-order valence-corrected chi connectivity index (χ2v) is 8.32. The fourth-order valence-corrected chi connectivity index (χ4v) is 4.28. The van der Waals surface area contributed by atoms with Crippen molar-refractivity contribution < 1.29 is 9.59 Å². The van der Waals surface area contributed by atoms with Gasteiger partial charge in [-0.15, -0.1) is 0 Å². The first kappa shape index (κ1) is 21.3. The molecular formula is C25H25N5O2. The van der Waals surface area contributed by atoms with Crippen molar-refractivity contribution in [2.75, 3.05) is 0 Å². The van der Waals surface area contributed by atoms with E-state index in [0.29, 0.717) is 42.0 Å². The van der Waals surface area contributed by atoms with Gasteiger partial charge in [0.1, 0.15) is 5.82 Å². The monoisotopic (exact) mass is 427 g/mol. The number of nitrogens with two attached hydrogens (primary N) is 1. The number of carbonyl (C=O) groups excluding carboxylic acids is 2. The van der Waals surface area contributed by atoms with Gasteiger partial charge in [-0.25, -0.2) is 5.01 Å². The first-order valence-electron chi connectivity index (χ1n) is 10.7. The minimum Gasteiger partial charge on any atom is -0.383 e. The standard InChI is InChI=1S/C25H25N5O2/c1-15(2)16-8-10-17(11-9-16)22-19(13-26)24(27)30(20-6-3-7-21(31)23(20)22)29-25(32)18-5-4-12-28-14-18/h4-5,8-12,14-15,22H,3,6-7,27H2,1-2H3,(H,29,32). The molecule has 0 radical (unpaired) electrons. The van der Waals surface area contributed by atoms with E-state index in [9.17, 15) is 14.9 Å². The Bertz CT molecular complexity index is 1160. The Labute approximate surface area is 187 Å². The summed E-state index contributed by atoms with van der Waals surface area (Å²) in [6, 6.07) is 13.5. The Hall–Kier alpha value is -3.92. The number of nitrogens with one attached hydrogen (secondary N) is 1. The van der Waals surface area contributed by atoms with Gasteiger partial charge in [-0.2, -0.15) is 5.26 Å². The number of allylic oxidation sites excluding steroid dienone is 3. The summed E-state index contributed by atoms with van der Waals surface area (Å²) in [7, 11) is 0. The fourth-order valence-electron chi connectivity index (χ4n) is 4.28. The molecule has 2 aromatic rings. The van der Waals surface area contributed by atoms with E-state index < -0.39 is 11.8 Å². The first-order chi connectivity index (χ1) is 15.4. The molecule has 0 fully saturated rings. The van der Waals surface area contributed by atoms with E-state index in [2.05, 4.69) is 30.3 Å². The molecule has 0 saturated heterocycles.